The van der Waals surface area contributed by atoms with Crippen molar-refractivity contribution in [1.29, 1.82) is 0 Å². The Morgan fingerprint density at radius 2 is 1.38 bits per heavy atom. The van der Waals surface area contributed by atoms with E-state index in [4.69, 9.17) is 4.74 Å². The van der Waals surface area contributed by atoms with Crippen molar-refractivity contribution in [3.63, 3.8) is 0 Å². The number of ether oxygens (including phenoxy) is 1. The molecule has 0 amide bonds. The molecule has 3 aromatic heterocycles. The van der Waals surface area contributed by atoms with Crippen LogP contribution in [-0.2, 0) is 5.41 Å². The van der Waals surface area contributed by atoms with E-state index in [2.05, 4.69) is 152 Å². The largest absolute Gasteiger partial charge is 0.490 e. The van der Waals surface area contributed by atoms with Crippen molar-refractivity contribution in [1.82, 2.24) is 8.97 Å². The van der Waals surface area contributed by atoms with E-state index >= 15 is 0 Å². The molecule has 0 fully saturated rings. The monoisotopic (exact) mass is 686 g/mol. The third-order valence-electron chi connectivity index (χ3n) is 13.2. The number of hydrogen-bond donors (Lipinski definition) is 0. The number of nitrogens with zero attached hydrogens (tertiary/aromatic N) is 2. The Hall–Kier alpha value is -5.26. The van der Waals surface area contributed by atoms with E-state index in [1.807, 2.05) is 11.3 Å². The maximum Gasteiger partial charge on any atom is 0.230 e. The van der Waals surface area contributed by atoms with Crippen molar-refractivity contribution in [3.05, 3.63) is 149 Å². The van der Waals surface area contributed by atoms with Gasteiger partial charge in [-0.3, -0.25) is 8.97 Å². The molecule has 9 aromatic rings. The van der Waals surface area contributed by atoms with Crippen LogP contribution in [0.2, 0.25) is 5.82 Å². The van der Waals surface area contributed by atoms with Gasteiger partial charge in [-0.15, -0.1) is 11.3 Å². The van der Waals surface area contributed by atoms with Crippen LogP contribution in [0.3, 0.4) is 0 Å². The first-order valence-electron chi connectivity index (χ1n) is 18.8. The molecule has 0 N–H and O–H groups in total. The molecule has 0 spiro atoms. The van der Waals surface area contributed by atoms with Crippen LogP contribution in [0.25, 0.3) is 53.4 Å². The van der Waals surface area contributed by atoms with Crippen LogP contribution in [-0.4, -0.2) is 21.8 Å². The van der Waals surface area contributed by atoms with Gasteiger partial charge in [0.2, 0.25) is 6.71 Å². The van der Waals surface area contributed by atoms with E-state index in [0.29, 0.717) is 0 Å². The maximum absolute atomic E-state index is 7.46. The van der Waals surface area contributed by atoms with Crippen molar-refractivity contribution >= 4 is 76.7 Å². The second-order valence-corrected chi connectivity index (χ2v) is 17.9. The minimum absolute atomic E-state index is 0.0231. The van der Waals surface area contributed by atoms with E-state index < -0.39 is 0 Å². The van der Waals surface area contributed by atoms with Crippen molar-refractivity contribution in [2.75, 3.05) is 0 Å². The third-order valence-corrected chi connectivity index (χ3v) is 14.4. The second kappa shape index (κ2) is 9.21. The predicted molar refractivity (Wildman–Crippen MR) is 218 cm³/mol. The van der Waals surface area contributed by atoms with Gasteiger partial charge in [0.1, 0.15) is 17.5 Å². The first-order chi connectivity index (χ1) is 25.4. The quantitative estimate of drug-likeness (QED) is 0.145. The molecule has 5 aliphatic rings. The minimum Gasteiger partial charge on any atom is -0.490 e. The highest BCUT2D eigenvalue weighted by Gasteiger charge is 2.59. The number of thiophene rings is 1. The maximum atomic E-state index is 7.46. The van der Waals surface area contributed by atoms with Gasteiger partial charge in [0.05, 0.1) is 16.6 Å². The molecule has 2 unspecified atom stereocenters. The molecule has 6 aromatic carbocycles. The summed E-state index contributed by atoms with van der Waals surface area (Å²) in [6.45, 7) is 9.41. The van der Waals surface area contributed by atoms with Crippen LogP contribution in [0.5, 0.6) is 5.75 Å². The fourth-order valence-electron chi connectivity index (χ4n) is 11.3. The Bertz CT molecular complexity index is 3050. The first kappa shape index (κ1) is 28.3. The molecular weight excluding hydrogens is 651 g/mol. The SMILES string of the molecule is Cc1cc2c3c(c1)-n1c4ccc(C(C)(C)C)cc4n4c5c(ccc6sc7ccccc7c65)c(c14)B3C1C3c4ccccc4C(c4ccccc43)C1O2. The highest BCUT2D eigenvalue weighted by Crippen LogP contribution is 2.61. The fourth-order valence-corrected chi connectivity index (χ4v) is 12.4. The molecule has 14 rings (SSSR count). The number of benzene rings is 6. The number of hydrogen-bond acceptors (Lipinski definition) is 2. The Kier molecular flexibility index (Phi) is 5.02. The Balaban J connectivity index is 1.24. The molecule has 3 nitrogen and oxygen atoms in total. The zero-order valence-electron chi connectivity index (χ0n) is 29.6. The van der Waals surface area contributed by atoms with Gasteiger partial charge in [-0.05, 0) is 104 Å². The molecule has 52 heavy (non-hydrogen) atoms. The summed E-state index contributed by atoms with van der Waals surface area (Å²) in [4.78, 5) is 0. The summed E-state index contributed by atoms with van der Waals surface area (Å²) in [7, 11) is 0. The van der Waals surface area contributed by atoms with Crippen molar-refractivity contribution < 1.29 is 4.74 Å². The summed E-state index contributed by atoms with van der Waals surface area (Å²) in [5, 5.41) is 4.12. The molecule has 5 heteroatoms. The lowest BCUT2D eigenvalue weighted by atomic mass is 9.25. The van der Waals surface area contributed by atoms with E-state index in [1.165, 1.54) is 97.7 Å². The lowest BCUT2D eigenvalue weighted by Crippen LogP contribution is -2.63. The Morgan fingerprint density at radius 1 is 0.673 bits per heavy atom. The standard InChI is InChI=1S/C47H35BN2OS/c1-24-21-34-42-35(22-24)51-45-39-28-13-7-5-11-26(28)38(27-12-6-8-14-29(27)39)43(45)48(42)41-31-18-20-37-40(30-15-9-10-16-36(30)52-37)44(31)50-33-23-25(47(2,3)4)17-19-32(33)49(34)46(41)50/h5-23,38-39,43,45H,1-4H3. The summed E-state index contributed by atoms with van der Waals surface area (Å²) in [6, 6.07) is 44.4. The highest BCUT2D eigenvalue weighted by atomic mass is 32.1. The van der Waals surface area contributed by atoms with Gasteiger partial charge in [0, 0.05) is 37.7 Å². The van der Waals surface area contributed by atoms with Gasteiger partial charge in [0.25, 0.3) is 0 Å². The van der Waals surface area contributed by atoms with Crippen LogP contribution in [0, 0.1) is 6.92 Å². The van der Waals surface area contributed by atoms with Crippen LogP contribution in [0.1, 0.15) is 66.0 Å². The van der Waals surface area contributed by atoms with Gasteiger partial charge in [0.15, 0.2) is 0 Å². The normalized spacial score (nSPS) is 20.8. The zero-order valence-corrected chi connectivity index (χ0v) is 30.4. The van der Waals surface area contributed by atoms with Gasteiger partial charge < -0.3 is 4.74 Å². The minimum atomic E-state index is 0.0231. The third kappa shape index (κ3) is 3.19. The number of aryl methyl sites for hydroxylation is 1. The Morgan fingerprint density at radius 3 is 2.13 bits per heavy atom. The summed E-state index contributed by atoms with van der Waals surface area (Å²) in [5.41, 5.74) is 17.8. The molecule has 0 saturated heterocycles. The smallest absolute Gasteiger partial charge is 0.230 e. The van der Waals surface area contributed by atoms with Crippen molar-refractivity contribution in [3.8, 4) is 11.4 Å². The Labute approximate surface area is 306 Å². The van der Waals surface area contributed by atoms with Crippen molar-refractivity contribution in [2.24, 2.45) is 0 Å². The van der Waals surface area contributed by atoms with Crippen LogP contribution >= 0.6 is 11.3 Å². The number of rotatable bonds is 0. The van der Waals surface area contributed by atoms with Crippen LogP contribution in [0.4, 0.5) is 0 Å². The van der Waals surface area contributed by atoms with Gasteiger partial charge >= 0.3 is 0 Å². The molecule has 0 radical (unpaired) electrons. The average molecular weight is 687 g/mol. The van der Waals surface area contributed by atoms with Crippen molar-refractivity contribution in [2.45, 2.75) is 56.9 Å². The number of fused-ring (bicyclic) bond motifs is 12. The number of imidazole rings is 1. The summed E-state index contributed by atoms with van der Waals surface area (Å²) in [6.07, 6.45) is 0.0427. The van der Waals surface area contributed by atoms with Crippen LogP contribution < -0.4 is 15.7 Å². The van der Waals surface area contributed by atoms with Gasteiger partial charge in [-0.1, -0.05) is 99.6 Å². The second-order valence-electron chi connectivity index (χ2n) is 16.8. The molecular formula is C47H35BN2OS. The first-order valence-corrected chi connectivity index (χ1v) is 19.6. The molecule has 5 heterocycles. The molecule has 0 saturated carbocycles. The van der Waals surface area contributed by atoms with Crippen LogP contribution in [0.15, 0.2) is 115 Å². The summed E-state index contributed by atoms with van der Waals surface area (Å²) in [5.74, 6) is 1.76. The van der Waals surface area contributed by atoms with Gasteiger partial charge in [-0.2, -0.15) is 0 Å². The number of aromatic nitrogens is 2. The molecule has 2 bridgehead atoms. The predicted octanol–water partition coefficient (Wildman–Crippen LogP) is 10.4. The van der Waals surface area contributed by atoms with E-state index in [1.54, 1.807) is 0 Å². The molecule has 3 aliphatic carbocycles. The molecule has 2 aliphatic heterocycles. The average Bonchev–Trinajstić information content (AvgIpc) is 3.81. The lowest BCUT2D eigenvalue weighted by Gasteiger charge is -2.55. The van der Waals surface area contributed by atoms with E-state index in [9.17, 15) is 0 Å². The molecule has 2 atom stereocenters. The van der Waals surface area contributed by atoms with Gasteiger partial charge in [-0.25, -0.2) is 0 Å². The zero-order chi connectivity index (χ0) is 34.4. The van der Waals surface area contributed by atoms with E-state index in [-0.39, 0.29) is 35.9 Å². The summed E-state index contributed by atoms with van der Waals surface area (Å²) >= 11 is 1.92. The summed E-state index contributed by atoms with van der Waals surface area (Å²) < 4.78 is 15.4. The molecule has 248 valence electrons. The lowest BCUT2D eigenvalue weighted by molar-refractivity contribution is 0.144. The highest BCUT2D eigenvalue weighted by molar-refractivity contribution is 7.26. The topological polar surface area (TPSA) is 18.6 Å². The van der Waals surface area contributed by atoms with E-state index in [0.717, 1.165) is 5.75 Å². The fraction of sp³-hybridized carbons (Fsp3) is 0.191.